The number of anilines is 1. The van der Waals surface area contributed by atoms with Crippen LogP contribution in [-0.2, 0) is 4.74 Å². The number of nitrogens with zero attached hydrogens (tertiary/aromatic N) is 3. The Morgan fingerprint density at radius 1 is 1.09 bits per heavy atom. The van der Waals surface area contributed by atoms with Crippen LogP contribution < -0.4 is 5.32 Å². The predicted molar refractivity (Wildman–Crippen MR) is 80.7 cm³/mol. The monoisotopic (exact) mass is 304 g/mol. The van der Waals surface area contributed by atoms with Gasteiger partial charge in [-0.05, 0) is 38.0 Å². The maximum Gasteiger partial charge on any atom is 0.315 e. The molecule has 0 unspecified atom stereocenters. The first-order chi connectivity index (χ1) is 10.8. The normalized spacial score (nSPS) is 36.1. The molecule has 2 aliphatic heterocycles. The molecule has 0 spiro atoms. The third-order valence-electron chi connectivity index (χ3n) is 5.82. The average molecular weight is 304 g/mol. The zero-order valence-corrected chi connectivity index (χ0v) is 12.9. The zero-order chi connectivity index (χ0) is 14.5. The molecule has 3 atom stereocenters. The van der Waals surface area contributed by atoms with Crippen LogP contribution >= 0.6 is 0 Å². The Balaban J connectivity index is 1.19. The lowest BCUT2D eigenvalue weighted by atomic mass is 9.85. The number of aromatic nitrogens is 2. The highest BCUT2D eigenvalue weighted by Gasteiger charge is 2.42. The Morgan fingerprint density at radius 3 is 2.77 bits per heavy atom. The zero-order valence-electron chi connectivity index (χ0n) is 12.9. The van der Waals surface area contributed by atoms with Gasteiger partial charge in [0.15, 0.2) is 0 Å². The van der Waals surface area contributed by atoms with Gasteiger partial charge in [-0.3, -0.25) is 4.90 Å². The maximum atomic E-state index is 6.05. The summed E-state index contributed by atoms with van der Waals surface area (Å²) in [5.74, 6) is 2.15. The highest BCUT2D eigenvalue weighted by molar-refractivity contribution is 5.22. The van der Waals surface area contributed by atoms with Crippen LogP contribution in [0.25, 0.3) is 0 Å². The number of hydrogen-bond donors (Lipinski definition) is 1. The molecule has 4 aliphatic rings. The van der Waals surface area contributed by atoms with Crippen LogP contribution in [0.2, 0.25) is 0 Å². The number of fused-ring (bicyclic) bond motifs is 1. The molecule has 0 radical (unpaired) electrons. The summed E-state index contributed by atoms with van der Waals surface area (Å²) < 4.78 is 11.8. The van der Waals surface area contributed by atoms with Crippen molar-refractivity contribution in [2.75, 3.05) is 25.0 Å². The van der Waals surface area contributed by atoms with Crippen molar-refractivity contribution in [3.63, 3.8) is 0 Å². The fourth-order valence-corrected chi connectivity index (χ4v) is 4.05. The van der Waals surface area contributed by atoms with Gasteiger partial charge in [-0.25, -0.2) is 0 Å². The minimum atomic E-state index is 0.404. The van der Waals surface area contributed by atoms with E-state index in [0.717, 1.165) is 37.9 Å². The van der Waals surface area contributed by atoms with Crippen LogP contribution in [0, 0.1) is 5.92 Å². The van der Waals surface area contributed by atoms with Gasteiger partial charge in [-0.15, -0.1) is 5.10 Å². The van der Waals surface area contributed by atoms with Gasteiger partial charge in [0.1, 0.15) is 0 Å². The summed E-state index contributed by atoms with van der Waals surface area (Å²) in [7, 11) is 0. The summed E-state index contributed by atoms with van der Waals surface area (Å²) >= 11 is 0. The molecule has 0 aromatic carbocycles. The van der Waals surface area contributed by atoms with E-state index in [-0.39, 0.29) is 0 Å². The molecule has 0 amide bonds. The highest BCUT2D eigenvalue weighted by Crippen LogP contribution is 2.38. The molecule has 6 nitrogen and oxygen atoms in total. The van der Waals surface area contributed by atoms with Crippen LogP contribution in [0.4, 0.5) is 6.01 Å². The van der Waals surface area contributed by atoms with Crippen molar-refractivity contribution in [2.24, 2.45) is 5.92 Å². The van der Waals surface area contributed by atoms with Gasteiger partial charge in [-0.2, -0.15) is 0 Å². The Kier molecular flexibility index (Phi) is 3.15. The lowest BCUT2D eigenvalue weighted by molar-refractivity contribution is -0.0581. The third kappa shape index (κ3) is 2.42. The summed E-state index contributed by atoms with van der Waals surface area (Å²) in [5.41, 5.74) is 0. The van der Waals surface area contributed by atoms with Crippen molar-refractivity contribution >= 4 is 6.01 Å². The number of rotatable bonds is 4. The number of ether oxygens (including phenoxy) is 1. The summed E-state index contributed by atoms with van der Waals surface area (Å²) in [4.78, 5) is 2.59. The minimum absolute atomic E-state index is 0.404. The molecule has 1 N–H and O–H groups in total. The Morgan fingerprint density at radius 2 is 2.00 bits per heavy atom. The standard InChI is InChI=1S/C16H24N4O2/c1-2-11(3-1)15-18-19-16(22-15)17-12-6-13-9-21-14(10-4-5-10)8-20(13)7-12/h10-14H,1-9H2,(H,17,19)/t12-,13-,14+/m0/s1. The second kappa shape index (κ2) is 5.20. The van der Waals surface area contributed by atoms with Gasteiger partial charge >= 0.3 is 6.01 Å². The molecule has 1 aromatic heterocycles. The quantitative estimate of drug-likeness (QED) is 0.918. The van der Waals surface area contributed by atoms with Crippen molar-refractivity contribution in [2.45, 2.75) is 62.6 Å². The summed E-state index contributed by atoms with van der Waals surface area (Å²) in [5, 5.41) is 11.8. The summed E-state index contributed by atoms with van der Waals surface area (Å²) in [6, 6.07) is 1.56. The van der Waals surface area contributed by atoms with E-state index in [9.17, 15) is 0 Å². The fraction of sp³-hybridized carbons (Fsp3) is 0.875. The lowest BCUT2D eigenvalue weighted by Crippen LogP contribution is -2.47. The molecular formula is C16H24N4O2. The van der Waals surface area contributed by atoms with E-state index >= 15 is 0 Å². The van der Waals surface area contributed by atoms with Gasteiger partial charge in [0.25, 0.3) is 0 Å². The van der Waals surface area contributed by atoms with E-state index in [1.165, 1.54) is 32.1 Å². The van der Waals surface area contributed by atoms with Crippen LogP contribution in [0.1, 0.15) is 50.3 Å². The van der Waals surface area contributed by atoms with Gasteiger partial charge in [0.05, 0.1) is 12.7 Å². The fourth-order valence-electron chi connectivity index (χ4n) is 4.05. The molecule has 0 bridgehead atoms. The molecule has 4 fully saturated rings. The maximum absolute atomic E-state index is 6.05. The number of morpholine rings is 1. The van der Waals surface area contributed by atoms with Gasteiger partial charge in [-0.1, -0.05) is 11.5 Å². The molecule has 2 saturated carbocycles. The predicted octanol–water partition coefficient (Wildman–Crippen LogP) is 2.00. The van der Waals surface area contributed by atoms with Crippen LogP contribution in [0.3, 0.4) is 0 Å². The molecule has 2 saturated heterocycles. The second-order valence-electron chi connectivity index (χ2n) is 7.47. The SMILES string of the molecule is C1CC(c2nnc(N[C@H]3C[C@H]4CO[C@@H](C5CC5)CN4C3)o2)C1. The van der Waals surface area contributed by atoms with Crippen LogP contribution in [0.5, 0.6) is 0 Å². The third-order valence-corrected chi connectivity index (χ3v) is 5.82. The van der Waals surface area contributed by atoms with Gasteiger partial charge < -0.3 is 14.5 Å². The van der Waals surface area contributed by atoms with E-state index < -0.39 is 0 Å². The molecular weight excluding hydrogens is 280 g/mol. The second-order valence-corrected chi connectivity index (χ2v) is 7.47. The average Bonchev–Trinajstić information content (AvgIpc) is 3.09. The molecule has 120 valence electrons. The highest BCUT2D eigenvalue weighted by atomic mass is 16.5. The molecule has 5 rings (SSSR count). The van der Waals surface area contributed by atoms with Crippen LogP contribution in [0.15, 0.2) is 4.42 Å². The topological polar surface area (TPSA) is 63.4 Å². The summed E-state index contributed by atoms with van der Waals surface area (Å²) in [6.45, 7) is 3.06. The van der Waals surface area contributed by atoms with Crippen molar-refractivity contribution in [3.8, 4) is 0 Å². The Bertz CT molecular complexity index is 540. The minimum Gasteiger partial charge on any atom is -0.408 e. The Hall–Kier alpha value is -1.14. The van der Waals surface area contributed by atoms with Gasteiger partial charge in [0.2, 0.25) is 5.89 Å². The van der Waals surface area contributed by atoms with E-state index in [1.807, 2.05) is 0 Å². The first-order valence-electron chi connectivity index (χ1n) is 8.81. The van der Waals surface area contributed by atoms with E-state index in [4.69, 9.17) is 9.15 Å². The number of nitrogens with one attached hydrogen (secondary N) is 1. The van der Waals surface area contributed by atoms with E-state index in [0.29, 0.717) is 30.1 Å². The molecule has 3 heterocycles. The Labute approximate surface area is 130 Å². The van der Waals surface area contributed by atoms with E-state index in [1.54, 1.807) is 0 Å². The van der Waals surface area contributed by atoms with E-state index in [2.05, 4.69) is 20.4 Å². The number of hydrogen-bond acceptors (Lipinski definition) is 6. The van der Waals surface area contributed by atoms with Crippen molar-refractivity contribution in [1.29, 1.82) is 0 Å². The molecule has 22 heavy (non-hydrogen) atoms. The molecule has 6 heteroatoms. The van der Waals surface area contributed by atoms with Crippen LogP contribution in [-0.4, -0.2) is 53.0 Å². The summed E-state index contributed by atoms with van der Waals surface area (Å²) in [6.07, 6.45) is 7.98. The first kappa shape index (κ1) is 13.3. The molecule has 1 aromatic rings. The van der Waals surface area contributed by atoms with Crippen molar-refractivity contribution in [3.05, 3.63) is 5.89 Å². The lowest BCUT2D eigenvalue weighted by Gasteiger charge is -2.35. The first-order valence-corrected chi connectivity index (χ1v) is 8.81. The van der Waals surface area contributed by atoms with Crippen molar-refractivity contribution < 1.29 is 9.15 Å². The van der Waals surface area contributed by atoms with Crippen molar-refractivity contribution in [1.82, 2.24) is 15.1 Å². The van der Waals surface area contributed by atoms with Gasteiger partial charge in [0, 0.05) is 31.1 Å². The smallest absolute Gasteiger partial charge is 0.315 e. The molecule has 2 aliphatic carbocycles. The largest absolute Gasteiger partial charge is 0.408 e.